The molecule has 212 valence electrons. The molecule has 1 heterocycles. The van der Waals surface area contributed by atoms with Crippen LogP contribution in [0.2, 0.25) is 10.0 Å². The van der Waals surface area contributed by atoms with E-state index in [1.807, 2.05) is 93.6 Å². The molecule has 0 bridgehead atoms. The fourth-order valence-corrected chi connectivity index (χ4v) is 6.75. The van der Waals surface area contributed by atoms with E-state index in [-0.39, 0.29) is 17.0 Å². The van der Waals surface area contributed by atoms with E-state index in [0.717, 1.165) is 54.3 Å². The van der Waals surface area contributed by atoms with Gasteiger partial charge in [-0.05, 0) is 126 Å². The Morgan fingerprint density at radius 1 is 0.571 bits per heavy atom. The van der Waals surface area contributed by atoms with Crippen LogP contribution in [-0.2, 0) is 9.59 Å². The van der Waals surface area contributed by atoms with Gasteiger partial charge in [-0.15, -0.1) is 11.3 Å². The highest BCUT2D eigenvalue weighted by Crippen LogP contribution is 2.42. The van der Waals surface area contributed by atoms with E-state index in [9.17, 15) is 9.59 Å². The monoisotopic (exact) mass is 610 g/mol. The van der Waals surface area contributed by atoms with Gasteiger partial charge in [0.2, 0.25) is 0 Å². The maximum atomic E-state index is 13.2. The number of benzene rings is 2. The van der Waals surface area contributed by atoms with Gasteiger partial charge in [0.1, 0.15) is 0 Å². The summed E-state index contributed by atoms with van der Waals surface area (Å²) in [6.07, 6.45) is 7.97. The Balaban J connectivity index is 1.77. The first-order valence-electron chi connectivity index (χ1n) is 13.8. The van der Waals surface area contributed by atoms with Crippen molar-refractivity contribution in [3.05, 3.63) is 149 Å². The lowest BCUT2D eigenvalue weighted by atomic mass is 9.77. The van der Waals surface area contributed by atoms with Crippen LogP contribution in [0.3, 0.4) is 0 Å². The van der Waals surface area contributed by atoms with Gasteiger partial charge in [0.15, 0.2) is 11.6 Å². The summed E-state index contributed by atoms with van der Waals surface area (Å²) in [5.41, 5.74) is 8.70. The summed E-state index contributed by atoms with van der Waals surface area (Å²) in [5.74, 6) is 0.144. The minimum atomic E-state index is -0.303. The number of hydrogen-bond donors (Lipinski definition) is 0. The topological polar surface area (TPSA) is 34.1 Å². The second-order valence-electron chi connectivity index (χ2n) is 11.8. The van der Waals surface area contributed by atoms with Gasteiger partial charge in [0, 0.05) is 36.5 Å². The standard InChI is InChI=1S/C37H32Cl2O2S/c1-21-17-26(18-22(2)35(21)40)33(24-7-11-28(38)12-8-24)31-15-16-32(42-31)34(25-9-13-29(39)14-10-25)27-19-23(3)36(41)30(20-27)37(4,5)6/h7-20H,1-6H3/b34-27+. The van der Waals surface area contributed by atoms with Crippen LogP contribution >= 0.6 is 34.5 Å². The van der Waals surface area contributed by atoms with Gasteiger partial charge < -0.3 is 0 Å². The van der Waals surface area contributed by atoms with Crippen LogP contribution in [-0.4, -0.2) is 11.6 Å². The molecule has 0 aliphatic heterocycles. The molecule has 2 aromatic carbocycles. The van der Waals surface area contributed by atoms with Crippen molar-refractivity contribution in [1.29, 1.82) is 0 Å². The molecular weight excluding hydrogens is 579 g/mol. The largest absolute Gasteiger partial charge is 0.289 e. The van der Waals surface area contributed by atoms with Crippen molar-refractivity contribution in [1.82, 2.24) is 0 Å². The number of carbonyl (C=O) groups is 2. The maximum Gasteiger partial charge on any atom is 0.185 e. The van der Waals surface area contributed by atoms with E-state index in [4.69, 9.17) is 23.2 Å². The normalized spacial score (nSPS) is 17.0. The Morgan fingerprint density at radius 3 is 1.36 bits per heavy atom. The van der Waals surface area contributed by atoms with E-state index in [0.29, 0.717) is 21.2 Å². The van der Waals surface area contributed by atoms with Crippen molar-refractivity contribution in [2.24, 2.45) is 5.41 Å². The lowest BCUT2D eigenvalue weighted by Crippen LogP contribution is -2.21. The van der Waals surface area contributed by atoms with Crippen molar-refractivity contribution in [3.63, 3.8) is 0 Å². The second kappa shape index (κ2) is 11.6. The molecule has 3 aromatic rings. The number of Topliss-reactive ketones (excluding diaryl/α,β-unsaturated/α-hetero) is 2. The smallest absolute Gasteiger partial charge is 0.185 e. The SMILES string of the molecule is CC1=CC(=C(c2ccc(Cl)cc2)c2ccc(/C(=C3\C=C(C)C(=O)C(C(C)(C)C)=C3)c3ccc(Cl)cc3)s2)C=C(C)C1=O. The molecule has 0 saturated heterocycles. The van der Waals surface area contributed by atoms with E-state index < -0.39 is 0 Å². The number of thiophene rings is 1. The number of ketones is 2. The predicted molar refractivity (Wildman–Crippen MR) is 178 cm³/mol. The average Bonchev–Trinajstić information content (AvgIpc) is 3.40. The maximum absolute atomic E-state index is 13.2. The van der Waals surface area contributed by atoms with Crippen molar-refractivity contribution in [2.75, 3.05) is 0 Å². The molecule has 5 rings (SSSR count). The predicted octanol–water partition coefficient (Wildman–Crippen LogP) is 10.6. The van der Waals surface area contributed by atoms with Crippen LogP contribution in [0.15, 0.2) is 118 Å². The van der Waals surface area contributed by atoms with Crippen molar-refractivity contribution in [2.45, 2.75) is 41.5 Å². The first-order chi connectivity index (χ1) is 19.8. The Bertz CT molecular complexity index is 1770. The molecule has 0 amide bonds. The van der Waals surface area contributed by atoms with Gasteiger partial charge in [-0.25, -0.2) is 0 Å². The van der Waals surface area contributed by atoms with Gasteiger partial charge in [0.25, 0.3) is 0 Å². The highest BCUT2D eigenvalue weighted by molar-refractivity contribution is 7.14. The molecule has 0 atom stereocenters. The summed E-state index contributed by atoms with van der Waals surface area (Å²) in [5, 5.41) is 1.33. The van der Waals surface area contributed by atoms with Crippen LogP contribution in [0.4, 0.5) is 0 Å². The Kier molecular flexibility index (Phi) is 8.31. The van der Waals surface area contributed by atoms with Crippen LogP contribution in [0.1, 0.15) is 62.4 Å². The van der Waals surface area contributed by atoms with E-state index >= 15 is 0 Å². The lowest BCUT2D eigenvalue weighted by molar-refractivity contribution is -0.113. The zero-order valence-corrected chi connectivity index (χ0v) is 26.9. The van der Waals surface area contributed by atoms with Crippen LogP contribution < -0.4 is 0 Å². The quantitative estimate of drug-likeness (QED) is 0.294. The first-order valence-corrected chi connectivity index (χ1v) is 15.4. The van der Waals surface area contributed by atoms with E-state index in [1.54, 1.807) is 11.3 Å². The molecule has 42 heavy (non-hydrogen) atoms. The fourth-order valence-electron chi connectivity index (χ4n) is 5.31. The van der Waals surface area contributed by atoms with Crippen molar-refractivity contribution < 1.29 is 9.59 Å². The minimum Gasteiger partial charge on any atom is -0.289 e. The van der Waals surface area contributed by atoms with Crippen LogP contribution in [0, 0.1) is 5.41 Å². The summed E-state index contributed by atoms with van der Waals surface area (Å²) in [7, 11) is 0. The molecular formula is C37H32Cl2O2S. The molecule has 0 unspecified atom stereocenters. The van der Waals surface area contributed by atoms with Gasteiger partial charge in [-0.1, -0.05) is 68.2 Å². The summed E-state index contributed by atoms with van der Waals surface area (Å²) in [6.45, 7) is 11.8. The number of hydrogen-bond acceptors (Lipinski definition) is 3. The number of carbonyl (C=O) groups excluding carboxylic acids is 2. The third-order valence-electron chi connectivity index (χ3n) is 7.48. The third kappa shape index (κ3) is 6.01. The van der Waals surface area contributed by atoms with Gasteiger partial charge in [0.05, 0.1) is 0 Å². The molecule has 2 aliphatic carbocycles. The highest BCUT2D eigenvalue weighted by Gasteiger charge is 2.29. The summed E-state index contributed by atoms with van der Waals surface area (Å²) in [4.78, 5) is 27.9. The van der Waals surface area contributed by atoms with Crippen LogP contribution in [0.25, 0.3) is 11.1 Å². The second-order valence-corrected chi connectivity index (χ2v) is 13.7. The molecule has 1 aromatic heterocycles. The Morgan fingerprint density at radius 2 is 0.952 bits per heavy atom. The molecule has 0 saturated carbocycles. The molecule has 0 radical (unpaired) electrons. The third-order valence-corrected chi connectivity index (χ3v) is 9.11. The molecule has 2 aliphatic rings. The molecule has 2 nitrogen and oxygen atoms in total. The van der Waals surface area contributed by atoms with Crippen LogP contribution in [0.5, 0.6) is 0 Å². The Hall–Kier alpha value is -3.50. The summed E-state index contributed by atoms with van der Waals surface area (Å²) < 4.78 is 0. The van der Waals surface area contributed by atoms with E-state index in [2.05, 4.69) is 32.9 Å². The number of allylic oxidation sites excluding steroid dienone is 10. The summed E-state index contributed by atoms with van der Waals surface area (Å²) >= 11 is 14.2. The zero-order chi connectivity index (χ0) is 30.3. The highest BCUT2D eigenvalue weighted by atomic mass is 35.5. The number of halogens is 2. The molecule has 0 N–H and O–H groups in total. The van der Waals surface area contributed by atoms with Crippen molar-refractivity contribution in [3.8, 4) is 0 Å². The number of rotatable bonds is 4. The van der Waals surface area contributed by atoms with Gasteiger partial charge >= 0.3 is 0 Å². The molecule has 5 heteroatoms. The first kappa shape index (κ1) is 30.0. The average molecular weight is 612 g/mol. The Labute approximate surface area is 262 Å². The molecule has 0 fully saturated rings. The lowest BCUT2D eigenvalue weighted by Gasteiger charge is -2.26. The van der Waals surface area contributed by atoms with Crippen molar-refractivity contribution >= 4 is 57.3 Å². The van der Waals surface area contributed by atoms with Gasteiger partial charge in [-0.3, -0.25) is 9.59 Å². The molecule has 0 spiro atoms. The zero-order valence-electron chi connectivity index (χ0n) is 24.6. The fraction of sp³-hybridized carbons (Fsp3) is 0.189. The van der Waals surface area contributed by atoms with E-state index in [1.165, 1.54) is 0 Å². The summed E-state index contributed by atoms with van der Waals surface area (Å²) in [6, 6.07) is 19.9. The van der Waals surface area contributed by atoms with Gasteiger partial charge in [-0.2, -0.15) is 0 Å². The minimum absolute atomic E-state index is 0.0614.